The van der Waals surface area contributed by atoms with Crippen LogP contribution in [0.5, 0.6) is 0 Å². The fourth-order valence-electron chi connectivity index (χ4n) is 3.05. The summed E-state index contributed by atoms with van der Waals surface area (Å²) in [6.45, 7) is 0. The highest BCUT2D eigenvalue weighted by molar-refractivity contribution is 8.00. The van der Waals surface area contributed by atoms with Gasteiger partial charge in [-0.2, -0.15) is 0 Å². The first kappa shape index (κ1) is 18.5. The number of nitrogens with one attached hydrogen (secondary N) is 2. The van der Waals surface area contributed by atoms with E-state index in [2.05, 4.69) is 15.6 Å². The highest BCUT2D eigenvalue weighted by atomic mass is 32.2. The Labute approximate surface area is 158 Å². The lowest BCUT2D eigenvalue weighted by molar-refractivity contribution is -0.120. The van der Waals surface area contributed by atoms with Crippen LogP contribution in [0.25, 0.3) is 0 Å². The lowest BCUT2D eigenvalue weighted by atomic mass is 9.88. The van der Waals surface area contributed by atoms with Crippen LogP contribution in [0.1, 0.15) is 32.1 Å². The highest BCUT2D eigenvalue weighted by Crippen LogP contribution is 2.26. The van der Waals surface area contributed by atoms with Crippen molar-refractivity contribution in [3.8, 4) is 0 Å². The Bertz CT molecular complexity index is 746. The van der Waals surface area contributed by atoms with E-state index in [9.17, 15) is 9.59 Å². The van der Waals surface area contributed by atoms with E-state index in [1.165, 1.54) is 18.2 Å². The predicted molar refractivity (Wildman–Crippen MR) is 105 cm³/mol. The van der Waals surface area contributed by atoms with Crippen LogP contribution in [0.15, 0.2) is 53.7 Å². The molecule has 2 amide bonds. The van der Waals surface area contributed by atoms with Crippen molar-refractivity contribution in [2.75, 3.05) is 16.4 Å². The third-order valence-corrected chi connectivity index (χ3v) is 5.41. The molecule has 1 saturated carbocycles. The Hall–Kier alpha value is -2.34. The van der Waals surface area contributed by atoms with Crippen molar-refractivity contribution in [1.29, 1.82) is 0 Å². The highest BCUT2D eigenvalue weighted by Gasteiger charge is 2.21. The summed E-state index contributed by atoms with van der Waals surface area (Å²) in [7, 11) is 0. The second-order valence-electron chi connectivity index (χ2n) is 6.42. The molecule has 0 bridgehead atoms. The van der Waals surface area contributed by atoms with E-state index in [1.807, 2.05) is 24.3 Å². The normalized spacial score (nSPS) is 14.6. The monoisotopic (exact) mass is 369 g/mol. The summed E-state index contributed by atoms with van der Waals surface area (Å²) < 4.78 is 0. The van der Waals surface area contributed by atoms with Gasteiger partial charge in [0.2, 0.25) is 11.8 Å². The Morgan fingerprint density at radius 1 is 1.00 bits per heavy atom. The molecule has 1 aliphatic rings. The van der Waals surface area contributed by atoms with Crippen LogP contribution < -0.4 is 10.6 Å². The lowest BCUT2D eigenvalue weighted by Gasteiger charge is -2.20. The van der Waals surface area contributed by atoms with E-state index in [4.69, 9.17) is 0 Å². The van der Waals surface area contributed by atoms with E-state index in [1.54, 1.807) is 24.5 Å². The lowest BCUT2D eigenvalue weighted by Crippen LogP contribution is -2.24. The van der Waals surface area contributed by atoms with Crippen LogP contribution in [0.3, 0.4) is 0 Å². The summed E-state index contributed by atoms with van der Waals surface area (Å²) in [5.41, 5.74) is 1.53. The van der Waals surface area contributed by atoms with Crippen molar-refractivity contribution in [2.24, 2.45) is 5.92 Å². The number of thioether (sulfide) groups is 1. The molecule has 6 heteroatoms. The van der Waals surface area contributed by atoms with Crippen LogP contribution in [0.2, 0.25) is 0 Å². The van der Waals surface area contributed by atoms with Crippen molar-refractivity contribution in [3.63, 3.8) is 0 Å². The number of rotatable bonds is 6. The zero-order chi connectivity index (χ0) is 18.2. The standard InChI is InChI=1S/C20H23N3O2S/c24-19(22-16-9-11-21-12-10-16)14-26-18-8-4-7-17(13-18)23-20(25)15-5-2-1-3-6-15/h4,7-13,15H,1-3,5-6,14H2,(H,23,25)(H,21,22,24). The summed E-state index contributed by atoms with van der Waals surface area (Å²) in [5, 5.41) is 5.85. The van der Waals surface area contributed by atoms with Crippen LogP contribution >= 0.6 is 11.8 Å². The predicted octanol–water partition coefficient (Wildman–Crippen LogP) is 4.33. The largest absolute Gasteiger partial charge is 0.326 e. The number of nitrogens with zero attached hydrogens (tertiary/aromatic N) is 1. The van der Waals surface area contributed by atoms with E-state index in [-0.39, 0.29) is 17.7 Å². The van der Waals surface area contributed by atoms with Crippen LogP contribution in [-0.4, -0.2) is 22.6 Å². The van der Waals surface area contributed by atoms with Gasteiger partial charge in [-0.25, -0.2) is 0 Å². The molecular formula is C20H23N3O2S. The number of aromatic nitrogens is 1. The fourth-order valence-corrected chi connectivity index (χ4v) is 3.81. The van der Waals surface area contributed by atoms with E-state index in [0.717, 1.165) is 42.0 Å². The van der Waals surface area contributed by atoms with Crippen LogP contribution in [-0.2, 0) is 9.59 Å². The molecular weight excluding hydrogens is 346 g/mol. The molecule has 0 atom stereocenters. The Balaban J connectivity index is 1.50. The van der Waals surface area contributed by atoms with Crippen molar-refractivity contribution >= 4 is 35.0 Å². The molecule has 136 valence electrons. The van der Waals surface area contributed by atoms with Crippen LogP contribution in [0.4, 0.5) is 11.4 Å². The minimum Gasteiger partial charge on any atom is -0.326 e. The quantitative estimate of drug-likeness (QED) is 0.744. The fraction of sp³-hybridized carbons (Fsp3) is 0.350. The topological polar surface area (TPSA) is 71.1 Å². The molecule has 0 unspecified atom stereocenters. The first-order valence-corrected chi connectivity index (χ1v) is 9.93. The number of carbonyl (C=O) groups is 2. The molecule has 0 spiro atoms. The molecule has 26 heavy (non-hydrogen) atoms. The number of pyridine rings is 1. The Kier molecular flexibility index (Phi) is 6.66. The first-order chi connectivity index (χ1) is 12.7. The number of hydrogen-bond acceptors (Lipinski definition) is 4. The van der Waals surface area contributed by atoms with Gasteiger partial charge in [0.15, 0.2) is 0 Å². The zero-order valence-corrected chi connectivity index (χ0v) is 15.4. The minimum absolute atomic E-state index is 0.0714. The van der Waals surface area contributed by atoms with Crippen molar-refractivity contribution in [1.82, 2.24) is 4.98 Å². The smallest absolute Gasteiger partial charge is 0.234 e. The van der Waals surface area contributed by atoms with Gasteiger partial charge < -0.3 is 10.6 Å². The molecule has 5 nitrogen and oxygen atoms in total. The maximum absolute atomic E-state index is 12.4. The summed E-state index contributed by atoms with van der Waals surface area (Å²) in [5.74, 6) is 0.480. The average Bonchev–Trinajstić information content (AvgIpc) is 2.68. The SMILES string of the molecule is O=C(CSc1cccc(NC(=O)C2CCCCC2)c1)Nc1ccncc1. The van der Waals surface area contributed by atoms with Gasteiger partial charge in [0.25, 0.3) is 0 Å². The van der Waals surface area contributed by atoms with Gasteiger partial charge in [0, 0.05) is 34.6 Å². The number of anilines is 2. The summed E-state index contributed by atoms with van der Waals surface area (Å²) >= 11 is 1.45. The minimum atomic E-state index is -0.0714. The molecule has 1 fully saturated rings. The molecule has 1 heterocycles. The zero-order valence-electron chi connectivity index (χ0n) is 14.6. The molecule has 2 N–H and O–H groups in total. The first-order valence-electron chi connectivity index (χ1n) is 8.94. The molecule has 2 aromatic rings. The van der Waals surface area contributed by atoms with Gasteiger partial charge in [0.1, 0.15) is 0 Å². The molecule has 1 aromatic carbocycles. The number of amides is 2. The van der Waals surface area contributed by atoms with Gasteiger partial charge in [0.05, 0.1) is 5.75 Å². The van der Waals surface area contributed by atoms with Crippen molar-refractivity contribution in [3.05, 3.63) is 48.8 Å². The second kappa shape index (κ2) is 9.38. The number of carbonyl (C=O) groups excluding carboxylic acids is 2. The molecule has 1 aliphatic carbocycles. The maximum atomic E-state index is 12.4. The molecule has 0 aliphatic heterocycles. The third kappa shape index (κ3) is 5.59. The number of benzene rings is 1. The van der Waals surface area contributed by atoms with Crippen molar-refractivity contribution < 1.29 is 9.59 Å². The molecule has 3 rings (SSSR count). The van der Waals surface area contributed by atoms with E-state index < -0.39 is 0 Å². The molecule has 0 radical (unpaired) electrons. The average molecular weight is 369 g/mol. The van der Waals surface area contributed by atoms with Crippen molar-refractivity contribution in [2.45, 2.75) is 37.0 Å². The van der Waals surface area contributed by atoms with Gasteiger partial charge >= 0.3 is 0 Å². The third-order valence-electron chi connectivity index (χ3n) is 4.41. The summed E-state index contributed by atoms with van der Waals surface area (Å²) in [6, 6.07) is 11.2. The van der Waals surface area contributed by atoms with Crippen LogP contribution in [0, 0.1) is 5.92 Å². The van der Waals surface area contributed by atoms with E-state index in [0.29, 0.717) is 5.75 Å². The van der Waals surface area contributed by atoms with E-state index >= 15 is 0 Å². The van der Waals surface area contributed by atoms with Gasteiger partial charge in [-0.1, -0.05) is 25.3 Å². The summed E-state index contributed by atoms with van der Waals surface area (Å²) in [6.07, 6.45) is 8.76. The van der Waals surface area contributed by atoms with Gasteiger partial charge in [-0.15, -0.1) is 11.8 Å². The molecule has 0 saturated heterocycles. The Morgan fingerprint density at radius 3 is 2.54 bits per heavy atom. The molecule has 1 aromatic heterocycles. The second-order valence-corrected chi connectivity index (χ2v) is 7.47. The summed E-state index contributed by atoms with van der Waals surface area (Å²) in [4.78, 5) is 29.3. The van der Waals surface area contributed by atoms with Gasteiger partial charge in [-0.3, -0.25) is 14.6 Å². The number of hydrogen-bond donors (Lipinski definition) is 2. The van der Waals surface area contributed by atoms with Gasteiger partial charge in [-0.05, 0) is 43.2 Å². The Morgan fingerprint density at radius 2 is 1.77 bits per heavy atom. The maximum Gasteiger partial charge on any atom is 0.234 e.